The number of aryl methyl sites for hydroxylation is 1. The first-order valence-electron chi connectivity index (χ1n) is 6.37. The van der Waals surface area contributed by atoms with Gasteiger partial charge in [0, 0.05) is 13.6 Å². The molecule has 3 aromatic rings. The van der Waals surface area contributed by atoms with Crippen LogP contribution in [0.5, 0.6) is 0 Å². The van der Waals surface area contributed by atoms with Crippen LogP contribution in [0.2, 0.25) is 0 Å². The Morgan fingerprint density at radius 2 is 1.95 bits per heavy atom. The molecule has 1 aromatic carbocycles. The van der Waals surface area contributed by atoms with Gasteiger partial charge in [0.1, 0.15) is 5.82 Å². The van der Waals surface area contributed by atoms with E-state index in [1.54, 1.807) is 6.20 Å². The topological polar surface area (TPSA) is 83.7 Å². The van der Waals surface area contributed by atoms with Gasteiger partial charge in [-0.3, -0.25) is 5.10 Å². The fourth-order valence-corrected chi connectivity index (χ4v) is 2.17. The third kappa shape index (κ3) is 2.27. The minimum absolute atomic E-state index is 0.243. The van der Waals surface area contributed by atoms with Gasteiger partial charge in [0.2, 0.25) is 5.95 Å². The summed E-state index contributed by atoms with van der Waals surface area (Å²) in [5, 5.41) is 7.68. The lowest BCUT2D eigenvalue weighted by Gasteiger charge is -2.19. The van der Waals surface area contributed by atoms with Crippen molar-refractivity contribution in [2.75, 3.05) is 17.7 Å². The molecule has 3 N–H and O–H groups in total. The van der Waals surface area contributed by atoms with Crippen LogP contribution >= 0.6 is 0 Å². The number of H-pyrrole nitrogens is 1. The molecule has 6 nitrogen and oxygen atoms in total. The van der Waals surface area contributed by atoms with E-state index in [4.69, 9.17) is 5.73 Å². The summed E-state index contributed by atoms with van der Waals surface area (Å²) in [6, 6.07) is 8.43. The number of nitrogens with one attached hydrogen (secondary N) is 1. The molecular formula is C14H16N6. The standard InChI is InChI=1S/C14H16N6/c1-9-3-5-10(6-4-9)8-20(2)13-11-7-16-19-12(11)17-14(15)18-13/h3-7H,8H2,1-2H3,(H3,15,16,17,18,19). The Morgan fingerprint density at radius 1 is 1.20 bits per heavy atom. The fraction of sp³-hybridized carbons (Fsp3) is 0.214. The Hall–Kier alpha value is -2.63. The van der Waals surface area contributed by atoms with Crippen molar-refractivity contribution in [3.8, 4) is 0 Å². The summed E-state index contributed by atoms with van der Waals surface area (Å²) in [7, 11) is 1.98. The number of nitrogens with zero attached hydrogens (tertiary/aromatic N) is 4. The van der Waals surface area contributed by atoms with Crippen LogP contribution in [-0.2, 0) is 6.54 Å². The summed E-state index contributed by atoms with van der Waals surface area (Å²) in [5.41, 5.74) is 8.86. The smallest absolute Gasteiger partial charge is 0.224 e. The predicted molar refractivity (Wildman–Crippen MR) is 79.4 cm³/mol. The third-order valence-electron chi connectivity index (χ3n) is 3.21. The van der Waals surface area contributed by atoms with E-state index in [1.807, 2.05) is 11.9 Å². The number of rotatable bonds is 3. The monoisotopic (exact) mass is 268 g/mol. The van der Waals surface area contributed by atoms with Crippen LogP contribution in [0.15, 0.2) is 30.5 Å². The van der Waals surface area contributed by atoms with Crippen LogP contribution in [0.1, 0.15) is 11.1 Å². The molecule has 2 aromatic heterocycles. The fourth-order valence-electron chi connectivity index (χ4n) is 2.17. The number of aromatic amines is 1. The van der Waals surface area contributed by atoms with Crippen LogP contribution in [-0.4, -0.2) is 27.2 Å². The van der Waals surface area contributed by atoms with Gasteiger partial charge in [-0.15, -0.1) is 0 Å². The Bertz CT molecular complexity index is 731. The van der Waals surface area contributed by atoms with E-state index in [2.05, 4.69) is 51.4 Å². The molecule has 102 valence electrons. The second kappa shape index (κ2) is 4.80. The van der Waals surface area contributed by atoms with Crippen LogP contribution in [0, 0.1) is 6.92 Å². The van der Waals surface area contributed by atoms with Crippen LogP contribution in [0.4, 0.5) is 11.8 Å². The van der Waals surface area contributed by atoms with Gasteiger partial charge in [0.15, 0.2) is 5.65 Å². The molecule has 0 aliphatic rings. The summed E-state index contributed by atoms with van der Waals surface area (Å²) in [6.07, 6.45) is 1.72. The summed E-state index contributed by atoms with van der Waals surface area (Å²) in [4.78, 5) is 10.5. The van der Waals surface area contributed by atoms with E-state index in [9.17, 15) is 0 Å². The minimum Gasteiger partial charge on any atom is -0.368 e. The third-order valence-corrected chi connectivity index (χ3v) is 3.21. The maximum Gasteiger partial charge on any atom is 0.224 e. The Labute approximate surface area is 116 Å². The van der Waals surface area contributed by atoms with Crippen molar-refractivity contribution in [3.63, 3.8) is 0 Å². The van der Waals surface area contributed by atoms with Gasteiger partial charge in [-0.05, 0) is 12.5 Å². The summed E-state index contributed by atoms with van der Waals surface area (Å²) < 4.78 is 0. The van der Waals surface area contributed by atoms with Crippen molar-refractivity contribution in [2.45, 2.75) is 13.5 Å². The highest BCUT2D eigenvalue weighted by Crippen LogP contribution is 2.23. The van der Waals surface area contributed by atoms with E-state index in [0.29, 0.717) is 5.65 Å². The molecule has 0 saturated heterocycles. The highest BCUT2D eigenvalue weighted by atomic mass is 15.2. The van der Waals surface area contributed by atoms with Crippen molar-refractivity contribution in [2.24, 2.45) is 0 Å². The minimum atomic E-state index is 0.243. The number of anilines is 2. The number of fused-ring (bicyclic) bond motifs is 1. The lowest BCUT2D eigenvalue weighted by Crippen LogP contribution is -2.18. The van der Waals surface area contributed by atoms with Gasteiger partial charge < -0.3 is 10.6 Å². The molecule has 0 aliphatic heterocycles. The molecule has 0 aliphatic carbocycles. The van der Waals surface area contributed by atoms with Gasteiger partial charge in [-0.2, -0.15) is 15.1 Å². The number of hydrogen-bond acceptors (Lipinski definition) is 5. The molecule has 0 bridgehead atoms. The van der Waals surface area contributed by atoms with Gasteiger partial charge in [-0.1, -0.05) is 29.8 Å². The quantitative estimate of drug-likeness (QED) is 0.757. The second-order valence-corrected chi connectivity index (χ2v) is 4.88. The van der Waals surface area contributed by atoms with Crippen molar-refractivity contribution in [3.05, 3.63) is 41.6 Å². The van der Waals surface area contributed by atoms with Crippen molar-refractivity contribution in [1.82, 2.24) is 20.2 Å². The zero-order valence-corrected chi connectivity index (χ0v) is 11.5. The molecule has 0 atom stereocenters. The SMILES string of the molecule is Cc1ccc(CN(C)c2nc(N)nc3[nH]ncc23)cc1. The molecule has 3 rings (SSSR count). The summed E-state index contributed by atoms with van der Waals surface area (Å²) in [5.74, 6) is 1.02. The molecule has 0 amide bonds. The number of hydrogen-bond donors (Lipinski definition) is 2. The molecule has 6 heteroatoms. The number of nitrogens with two attached hydrogens (primary N) is 1. The van der Waals surface area contributed by atoms with Gasteiger partial charge in [-0.25, -0.2) is 0 Å². The highest BCUT2D eigenvalue weighted by Gasteiger charge is 2.12. The molecule has 2 heterocycles. The molecular weight excluding hydrogens is 252 g/mol. The Morgan fingerprint density at radius 3 is 2.70 bits per heavy atom. The maximum absolute atomic E-state index is 5.74. The van der Waals surface area contributed by atoms with Crippen LogP contribution in [0.25, 0.3) is 11.0 Å². The molecule has 0 unspecified atom stereocenters. The Balaban J connectivity index is 1.93. The van der Waals surface area contributed by atoms with Gasteiger partial charge in [0.25, 0.3) is 0 Å². The van der Waals surface area contributed by atoms with Crippen molar-refractivity contribution in [1.29, 1.82) is 0 Å². The first-order valence-corrected chi connectivity index (χ1v) is 6.37. The van der Waals surface area contributed by atoms with E-state index < -0.39 is 0 Å². The molecule has 0 fully saturated rings. The van der Waals surface area contributed by atoms with Crippen LogP contribution in [0.3, 0.4) is 0 Å². The van der Waals surface area contributed by atoms with Crippen LogP contribution < -0.4 is 10.6 Å². The molecule has 0 radical (unpaired) electrons. The number of nitrogen functional groups attached to an aromatic ring is 1. The lowest BCUT2D eigenvalue weighted by atomic mass is 10.1. The normalized spacial score (nSPS) is 10.9. The molecule has 0 spiro atoms. The average Bonchev–Trinajstić information content (AvgIpc) is 2.88. The van der Waals surface area contributed by atoms with Crippen molar-refractivity contribution < 1.29 is 0 Å². The average molecular weight is 268 g/mol. The Kier molecular flexibility index (Phi) is 2.98. The lowest BCUT2D eigenvalue weighted by molar-refractivity contribution is 0.902. The summed E-state index contributed by atoms with van der Waals surface area (Å²) >= 11 is 0. The van der Waals surface area contributed by atoms with E-state index in [1.165, 1.54) is 11.1 Å². The zero-order valence-electron chi connectivity index (χ0n) is 11.5. The maximum atomic E-state index is 5.74. The van der Waals surface area contributed by atoms with E-state index in [0.717, 1.165) is 17.7 Å². The highest BCUT2D eigenvalue weighted by molar-refractivity contribution is 5.87. The summed E-state index contributed by atoms with van der Waals surface area (Å²) in [6.45, 7) is 2.82. The largest absolute Gasteiger partial charge is 0.368 e. The first kappa shape index (κ1) is 12.4. The molecule has 20 heavy (non-hydrogen) atoms. The van der Waals surface area contributed by atoms with E-state index in [-0.39, 0.29) is 5.95 Å². The zero-order chi connectivity index (χ0) is 14.1. The number of benzene rings is 1. The number of aromatic nitrogens is 4. The first-order chi connectivity index (χ1) is 9.63. The second-order valence-electron chi connectivity index (χ2n) is 4.88. The predicted octanol–water partition coefficient (Wildman–Crippen LogP) is 1.88. The van der Waals surface area contributed by atoms with Crippen molar-refractivity contribution >= 4 is 22.8 Å². The van der Waals surface area contributed by atoms with Gasteiger partial charge in [0.05, 0.1) is 11.6 Å². The van der Waals surface area contributed by atoms with E-state index >= 15 is 0 Å². The molecule has 0 saturated carbocycles. The van der Waals surface area contributed by atoms with Gasteiger partial charge >= 0.3 is 0 Å².